The highest BCUT2D eigenvalue weighted by Gasteiger charge is 2.24. The Morgan fingerprint density at radius 2 is 1.73 bits per heavy atom. The fourth-order valence-electron chi connectivity index (χ4n) is 3.12. The summed E-state index contributed by atoms with van der Waals surface area (Å²) in [6.07, 6.45) is 1.84. The van der Waals surface area contributed by atoms with Crippen LogP contribution in [0.2, 0.25) is 0 Å². The second kappa shape index (κ2) is 12.4. The van der Waals surface area contributed by atoms with Crippen LogP contribution < -0.4 is 10.1 Å². The lowest BCUT2D eigenvalue weighted by Gasteiger charge is -2.23. The summed E-state index contributed by atoms with van der Waals surface area (Å²) in [4.78, 5) is 6.94. The van der Waals surface area contributed by atoms with E-state index in [1.807, 2.05) is 24.4 Å². The average molecular weight is 421 g/mol. The number of fused-ring (bicyclic) bond motifs is 2. The number of aromatic nitrogens is 1. The zero-order valence-corrected chi connectivity index (χ0v) is 17.6. The third-order valence-electron chi connectivity index (χ3n) is 4.50. The van der Waals surface area contributed by atoms with Gasteiger partial charge in [0, 0.05) is 24.8 Å². The molecular formula is C19H28Cl3N3O. The molecule has 1 aliphatic heterocycles. The molecule has 2 heterocycles. The average Bonchev–Trinajstić information content (AvgIpc) is 2.76. The van der Waals surface area contributed by atoms with E-state index < -0.39 is 0 Å². The molecule has 4 nitrogen and oxygen atoms in total. The predicted molar refractivity (Wildman–Crippen MR) is 114 cm³/mol. The molecule has 1 unspecified atom stereocenters. The number of para-hydroxylation sites is 1. The van der Waals surface area contributed by atoms with Gasteiger partial charge in [0.2, 0.25) is 0 Å². The Balaban J connectivity index is 0.00000208. The van der Waals surface area contributed by atoms with Crippen LogP contribution in [0.15, 0.2) is 42.6 Å². The lowest BCUT2D eigenvalue weighted by Crippen LogP contribution is -2.34. The Kier molecular flexibility index (Phi) is 11.9. The molecule has 0 spiro atoms. The van der Waals surface area contributed by atoms with Crippen molar-refractivity contribution >= 4 is 37.2 Å². The largest absolute Gasteiger partial charge is 0.487 e. The molecule has 146 valence electrons. The minimum atomic E-state index is 0. The van der Waals surface area contributed by atoms with Crippen LogP contribution in [0.25, 0.3) is 0 Å². The van der Waals surface area contributed by atoms with Gasteiger partial charge in [0.25, 0.3) is 0 Å². The molecule has 26 heavy (non-hydrogen) atoms. The summed E-state index contributed by atoms with van der Waals surface area (Å²) >= 11 is 0. The normalized spacial score (nSPS) is 14.5. The smallest absolute Gasteiger partial charge is 0.131 e. The summed E-state index contributed by atoms with van der Waals surface area (Å²) in [5, 5.41) is 3.71. The van der Waals surface area contributed by atoms with Crippen LogP contribution in [0, 0.1) is 0 Å². The summed E-state index contributed by atoms with van der Waals surface area (Å²) in [6, 6.07) is 12.6. The molecule has 0 saturated carbocycles. The number of halogens is 3. The summed E-state index contributed by atoms with van der Waals surface area (Å²) in [6.45, 7) is 9.09. The van der Waals surface area contributed by atoms with Gasteiger partial charge in [-0.3, -0.25) is 4.98 Å². The second-order valence-electron chi connectivity index (χ2n) is 5.78. The van der Waals surface area contributed by atoms with E-state index in [2.05, 4.69) is 47.2 Å². The molecule has 0 bridgehead atoms. The molecule has 0 amide bonds. The van der Waals surface area contributed by atoms with E-state index in [0.29, 0.717) is 6.61 Å². The van der Waals surface area contributed by atoms with Gasteiger partial charge in [-0.15, -0.1) is 37.2 Å². The van der Waals surface area contributed by atoms with Crippen LogP contribution in [0.5, 0.6) is 5.75 Å². The Bertz CT molecular complexity index is 606. The van der Waals surface area contributed by atoms with Gasteiger partial charge in [0.1, 0.15) is 12.4 Å². The van der Waals surface area contributed by atoms with Crippen molar-refractivity contribution in [3.8, 4) is 5.75 Å². The highest BCUT2D eigenvalue weighted by atomic mass is 35.5. The first-order valence-electron chi connectivity index (χ1n) is 8.44. The van der Waals surface area contributed by atoms with E-state index in [1.54, 1.807) is 0 Å². The summed E-state index contributed by atoms with van der Waals surface area (Å²) in [5.41, 5.74) is 3.43. The maximum absolute atomic E-state index is 5.96. The summed E-state index contributed by atoms with van der Waals surface area (Å²) in [7, 11) is 0. The van der Waals surface area contributed by atoms with Gasteiger partial charge in [0.15, 0.2) is 0 Å². The first-order chi connectivity index (χ1) is 11.3. The Labute approximate surface area is 175 Å². The van der Waals surface area contributed by atoms with Gasteiger partial charge in [-0.2, -0.15) is 0 Å². The third kappa shape index (κ3) is 5.73. The number of benzene rings is 1. The van der Waals surface area contributed by atoms with Crippen LogP contribution in [0.3, 0.4) is 0 Å². The Morgan fingerprint density at radius 3 is 2.46 bits per heavy atom. The molecule has 7 heteroatoms. The second-order valence-corrected chi connectivity index (χ2v) is 5.78. The lowest BCUT2D eigenvalue weighted by molar-refractivity contribution is 0.297. The molecule has 1 aliphatic rings. The van der Waals surface area contributed by atoms with Crippen LogP contribution in [-0.2, 0) is 6.61 Å². The SMILES string of the molecule is CCN(CC)CCNC1c2ccccc2OCc2ncccc21.Cl.Cl.Cl. The Morgan fingerprint density at radius 1 is 1.04 bits per heavy atom. The van der Waals surface area contributed by atoms with Gasteiger partial charge < -0.3 is 15.0 Å². The topological polar surface area (TPSA) is 37.4 Å². The predicted octanol–water partition coefficient (Wildman–Crippen LogP) is 4.26. The fourth-order valence-corrected chi connectivity index (χ4v) is 3.12. The zero-order valence-electron chi connectivity index (χ0n) is 15.2. The summed E-state index contributed by atoms with van der Waals surface area (Å²) in [5.74, 6) is 0.950. The number of pyridine rings is 1. The first kappa shape index (κ1) is 25.0. The van der Waals surface area contributed by atoms with Crippen molar-refractivity contribution in [2.45, 2.75) is 26.5 Å². The van der Waals surface area contributed by atoms with Gasteiger partial charge in [-0.1, -0.05) is 38.1 Å². The molecule has 0 fully saturated rings. The van der Waals surface area contributed by atoms with Crippen LogP contribution in [0.1, 0.15) is 36.7 Å². The fraction of sp³-hybridized carbons (Fsp3) is 0.421. The minimum Gasteiger partial charge on any atom is -0.487 e. The first-order valence-corrected chi connectivity index (χ1v) is 8.44. The van der Waals surface area contributed by atoms with Gasteiger partial charge in [0.05, 0.1) is 11.7 Å². The van der Waals surface area contributed by atoms with E-state index in [1.165, 1.54) is 11.1 Å². The van der Waals surface area contributed by atoms with Crippen molar-refractivity contribution in [1.29, 1.82) is 0 Å². The van der Waals surface area contributed by atoms with Crippen LogP contribution >= 0.6 is 37.2 Å². The number of rotatable bonds is 6. The molecule has 1 atom stereocenters. The van der Waals surface area contributed by atoms with E-state index in [-0.39, 0.29) is 43.3 Å². The maximum atomic E-state index is 5.96. The minimum absolute atomic E-state index is 0. The molecule has 0 saturated heterocycles. The zero-order chi connectivity index (χ0) is 16.1. The van der Waals surface area contributed by atoms with Crippen molar-refractivity contribution in [1.82, 2.24) is 15.2 Å². The number of likely N-dealkylation sites (N-methyl/N-ethyl adjacent to an activating group) is 1. The van der Waals surface area contributed by atoms with E-state index in [9.17, 15) is 0 Å². The number of ether oxygens (including phenoxy) is 1. The van der Waals surface area contributed by atoms with E-state index in [0.717, 1.165) is 37.6 Å². The number of nitrogens with zero attached hydrogens (tertiary/aromatic N) is 2. The highest BCUT2D eigenvalue weighted by molar-refractivity contribution is 5.86. The lowest BCUT2D eigenvalue weighted by atomic mass is 9.97. The molecule has 0 aliphatic carbocycles. The van der Waals surface area contributed by atoms with E-state index in [4.69, 9.17) is 4.74 Å². The van der Waals surface area contributed by atoms with Gasteiger partial charge >= 0.3 is 0 Å². The maximum Gasteiger partial charge on any atom is 0.131 e. The number of hydrogen-bond acceptors (Lipinski definition) is 4. The Hall–Kier alpha value is -1.04. The highest BCUT2D eigenvalue weighted by Crippen LogP contribution is 2.34. The monoisotopic (exact) mass is 419 g/mol. The van der Waals surface area contributed by atoms with Gasteiger partial charge in [-0.25, -0.2) is 0 Å². The van der Waals surface area contributed by atoms with Crippen molar-refractivity contribution in [2.75, 3.05) is 26.2 Å². The quantitative estimate of drug-likeness (QED) is 0.757. The van der Waals surface area contributed by atoms with Crippen molar-refractivity contribution in [3.63, 3.8) is 0 Å². The van der Waals surface area contributed by atoms with E-state index >= 15 is 0 Å². The standard InChI is InChI=1S/C19H25N3O.3ClH/c1-3-22(4-2)13-12-21-19-15-9-7-11-20-17(15)14-23-18-10-6-5-8-16(18)19;;;/h5-11,19,21H,3-4,12-14H2,1-2H3;3*1H. The molecule has 1 aromatic carbocycles. The van der Waals surface area contributed by atoms with Crippen molar-refractivity contribution in [2.24, 2.45) is 0 Å². The molecule has 0 radical (unpaired) electrons. The number of nitrogens with one attached hydrogen (secondary N) is 1. The molecule has 1 aromatic heterocycles. The van der Waals surface area contributed by atoms with Crippen LogP contribution in [-0.4, -0.2) is 36.1 Å². The summed E-state index contributed by atoms with van der Waals surface area (Å²) < 4.78 is 5.96. The molecule has 3 rings (SSSR count). The third-order valence-corrected chi connectivity index (χ3v) is 4.50. The van der Waals surface area contributed by atoms with Crippen molar-refractivity contribution in [3.05, 3.63) is 59.4 Å². The molecule has 2 aromatic rings. The number of hydrogen-bond donors (Lipinski definition) is 1. The molecule has 1 N–H and O–H groups in total. The van der Waals surface area contributed by atoms with Crippen LogP contribution in [0.4, 0.5) is 0 Å². The van der Waals surface area contributed by atoms with Crippen molar-refractivity contribution < 1.29 is 4.74 Å². The molecular weight excluding hydrogens is 393 g/mol. The van der Waals surface area contributed by atoms with Gasteiger partial charge in [-0.05, 0) is 30.8 Å².